The van der Waals surface area contributed by atoms with Crippen LogP contribution < -0.4 is 19.5 Å². The Morgan fingerprint density at radius 1 is 0.967 bits per heavy atom. The predicted molar refractivity (Wildman–Crippen MR) is 227 cm³/mol. The molecule has 0 radical (unpaired) electrons. The van der Waals surface area contributed by atoms with E-state index in [-0.39, 0.29) is 70.0 Å². The summed E-state index contributed by atoms with van der Waals surface area (Å²) >= 11 is 0. The van der Waals surface area contributed by atoms with E-state index in [2.05, 4.69) is 17.0 Å². The second kappa shape index (κ2) is 19.7. The Morgan fingerprint density at radius 2 is 1.68 bits per heavy atom. The molecule has 15 heteroatoms. The number of nitrogens with one attached hydrogen (secondary N) is 2. The van der Waals surface area contributed by atoms with E-state index in [9.17, 15) is 32.0 Å². The van der Waals surface area contributed by atoms with Crippen LogP contribution in [0.5, 0.6) is 11.5 Å². The van der Waals surface area contributed by atoms with Crippen LogP contribution in [-0.4, -0.2) is 103 Å². The SMILES string of the molecule is CCCCCCC(C)CC(C)(NC(=O)[C@@H]1CC(Oc2cc(-c3ccccc3)nc3cc(OC)ccc23)CN1C(=O)CCC(=O)N1CCC(F)CC1)C(=O)NS(=O)(=O)C1CC1. The average molecular weight is 850 g/mol. The Hall–Kier alpha value is -4.79. The summed E-state index contributed by atoms with van der Waals surface area (Å²) in [4.78, 5) is 63.7. The first kappa shape index (κ1) is 44.8. The summed E-state index contributed by atoms with van der Waals surface area (Å²) in [7, 11) is -2.36. The molecule has 1 saturated carbocycles. The Morgan fingerprint density at radius 3 is 2.37 bits per heavy atom. The zero-order chi connectivity index (χ0) is 43.0. The number of fused-ring (bicyclic) bond motifs is 1. The zero-order valence-electron chi connectivity index (χ0n) is 35.3. The van der Waals surface area contributed by atoms with Gasteiger partial charge in [0.25, 0.3) is 5.91 Å². The third-order valence-corrected chi connectivity index (χ3v) is 13.8. The second-order valence-electron chi connectivity index (χ2n) is 17.0. The molecule has 2 saturated heterocycles. The summed E-state index contributed by atoms with van der Waals surface area (Å²) in [6.07, 6.45) is 4.60. The summed E-state index contributed by atoms with van der Waals surface area (Å²) in [6, 6.07) is 15.8. The number of rotatable bonds is 19. The minimum atomic E-state index is -3.93. The van der Waals surface area contributed by atoms with Crippen molar-refractivity contribution in [2.24, 2.45) is 5.92 Å². The fourth-order valence-electron chi connectivity index (χ4n) is 8.33. The van der Waals surface area contributed by atoms with Gasteiger partial charge in [-0.25, -0.2) is 17.8 Å². The van der Waals surface area contributed by atoms with Crippen LogP contribution >= 0.6 is 0 Å². The van der Waals surface area contributed by atoms with Gasteiger partial charge in [0, 0.05) is 55.4 Å². The number of carbonyl (C=O) groups excluding carboxylic acids is 4. The van der Waals surface area contributed by atoms with E-state index in [1.165, 1.54) is 4.90 Å². The van der Waals surface area contributed by atoms with Crippen LogP contribution in [0.2, 0.25) is 0 Å². The molecule has 3 unspecified atom stereocenters. The van der Waals surface area contributed by atoms with E-state index in [0.717, 1.165) is 37.7 Å². The normalized spacial score (nSPS) is 20.0. The van der Waals surface area contributed by atoms with Gasteiger partial charge in [-0.3, -0.25) is 23.9 Å². The molecule has 1 aromatic heterocycles. The Balaban J connectivity index is 1.27. The highest BCUT2D eigenvalue weighted by atomic mass is 32.2. The highest BCUT2D eigenvalue weighted by molar-refractivity contribution is 7.91. The van der Waals surface area contributed by atoms with E-state index in [4.69, 9.17) is 14.5 Å². The molecule has 2 N–H and O–H groups in total. The number of aromatic nitrogens is 1. The van der Waals surface area contributed by atoms with Gasteiger partial charge in [-0.1, -0.05) is 76.3 Å². The van der Waals surface area contributed by atoms with Gasteiger partial charge in [-0.15, -0.1) is 0 Å². The molecule has 4 atom stereocenters. The van der Waals surface area contributed by atoms with Crippen molar-refractivity contribution < 1.29 is 41.5 Å². The predicted octanol–water partition coefficient (Wildman–Crippen LogP) is 6.48. The van der Waals surface area contributed by atoms with E-state index in [0.29, 0.717) is 40.9 Å². The quantitative estimate of drug-likeness (QED) is 0.129. The van der Waals surface area contributed by atoms with Crippen LogP contribution in [0.15, 0.2) is 54.6 Å². The monoisotopic (exact) mass is 849 g/mol. The van der Waals surface area contributed by atoms with Gasteiger partial charge >= 0.3 is 0 Å². The first-order chi connectivity index (χ1) is 28.7. The van der Waals surface area contributed by atoms with Gasteiger partial charge in [0.15, 0.2) is 0 Å². The Kier molecular flexibility index (Phi) is 14.7. The van der Waals surface area contributed by atoms with Crippen LogP contribution in [0.25, 0.3) is 22.2 Å². The van der Waals surface area contributed by atoms with Crippen molar-refractivity contribution in [1.29, 1.82) is 0 Å². The van der Waals surface area contributed by atoms with Gasteiger partial charge in [-0.2, -0.15) is 0 Å². The van der Waals surface area contributed by atoms with Crippen LogP contribution in [-0.2, 0) is 29.2 Å². The van der Waals surface area contributed by atoms with Gasteiger partial charge in [-0.05, 0) is 57.1 Å². The molecule has 3 fully saturated rings. The Bertz CT molecular complexity index is 2110. The number of benzene rings is 2. The number of carbonyl (C=O) groups is 4. The molecule has 0 spiro atoms. The number of ether oxygens (including phenoxy) is 2. The van der Waals surface area contributed by atoms with Gasteiger partial charge in [0.05, 0.1) is 30.1 Å². The molecule has 2 aliphatic heterocycles. The third kappa shape index (κ3) is 11.3. The van der Waals surface area contributed by atoms with Crippen LogP contribution in [0.1, 0.15) is 104 Å². The minimum Gasteiger partial charge on any atom is -0.497 e. The molecule has 2 aromatic carbocycles. The second-order valence-corrected chi connectivity index (χ2v) is 19.0. The molecule has 3 heterocycles. The summed E-state index contributed by atoms with van der Waals surface area (Å²) in [5.74, 6) is -1.10. The largest absolute Gasteiger partial charge is 0.497 e. The zero-order valence-corrected chi connectivity index (χ0v) is 36.1. The average Bonchev–Trinajstić information content (AvgIpc) is 4.02. The smallest absolute Gasteiger partial charge is 0.258 e. The summed E-state index contributed by atoms with van der Waals surface area (Å²) in [5, 5.41) is 2.96. The van der Waals surface area contributed by atoms with Crippen molar-refractivity contribution in [2.45, 2.75) is 133 Å². The number of alkyl halides is 1. The fourth-order valence-corrected chi connectivity index (χ4v) is 9.74. The molecule has 3 aromatic rings. The number of sulfonamides is 1. The van der Waals surface area contributed by atoms with E-state index in [1.54, 1.807) is 25.0 Å². The molecule has 1 aliphatic carbocycles. The topological polar surface area (TPSA) is 164 Å². The highest BCUT2D eigenvalue weighted by Gasteiger charge is 2.47. The fraction of sp³-hybridized carbons (Fsp3) is 0.578. The number of hydrogen-bond donors (Lipinski definition) is 2. The maximum Gasteiger partial charge on any atom is 0.258 e. The lowest BCUT2D eigenvalue weighted by molar-refractivity contribution is -0.142. The molecule has 6 rings (SSSR count). The number of hydrogen-bond acceptors (Lipinski definition) is 9. The molecule has 13 nitrogen and oxygen atoms in total. The molecule has 326 valence electrons. The lowest BCUT2D eigenvalue weighted by Gasteiger charge is -2.34. The lowest BCUT2D eigenvalue weighted by atomic mass is 9.86. The minimum absolute atomic E-state index is 0.00575. The van der Waals surface area contributed by atoms with Crippen molar-refractivity contribution in [3.05, 3.63) is 54.6 Å². The van der Waals surface area contributed by atoms with Crippen LogP contribution in [0.4, 0.5) is 4.39 Å². The molecule has 4 amide bonds. The van der Waals surface area contributed by atoms with Gasteiger partial charge in [0.1, 0.15) is 35.4 Å². The summed E-state index contributed by atoms with van der Waals surface area (Å²) in [5.41, 5.74) is 0.496. The van der Waals surface area contributed by atoms with Crippen molar-refractivity contribution in [2.75, 3.05) is 26.7 Å². The molecular weight excluding hydrogens is 790 g/mol. The molecule has 0 bridgehead atoms. The van der Waals surface area contributed by atoms with Crippen LogP contribution in [0.3, 0.4) is 0 Å². The number of piperidine rings is 1. The van der Waals surface area contributed by atoms with E-state index >= 15 is 0 Å². The maximum atomic E-state index is 14.6. The molecule has 3 aliphatic rings. The number of unbranched alkanes of at least 4 members (excludes halogenated alkanes) is 3. The number of methoxy groups -OCH3 is 1. The Labute approximate surface area is 353 Å². The highest BCUT2D eigenvalue weighted by Crippen LogP contribution is 2.35. The number of amides is 4. The third-order valence-electron chi connectivity index (χ3n) is 12.0. The van der Waals surface area contributed by atoms with Gasteiger partial charge in [0.2, 0.25) is 27.7 Å². The first-order valence-electron chi connectivity index (χ1n) is 21.5. The number of pyridine rings is 1. The first-order valence-corrected chi connectivity index (χ1v) is 23.0. The molecule has 60 heavy (non-hydrogen) atoms. The van der Waals surface area contributed by atoms with Crippen LogP contribution in [0, 0.1) is 5.92 Å². The van der Waals surface area contributed by atoms with Gasteiger partial charge < -0.3 is 24.6 Å². The standard InChI is InChI=1S/C45H60FN5O8S/c1-5-6-7-9-12-30(2)28-45(3,44(55)49-60(56,57)35-16-17-35)48-43(54)39-26-34(29-51(39)42(53)20-19-41(52)50-23-21-32(46)22-24-50)59-40-27-37(31-13-10-8-11-14-31)47-38-25-33(58-4)15-18-36(38)40/h8,10-11,13-15,18,25,27,30,32,34-35,39H,5-7,9,12,16-17,19-24,26,28-29H2,1-4H3,(H,48,54)(H,49,55)/t30?,34?,39-,45?/m0/s1. The van der Waals surface area contributed by atoms with Crippen molar-refractivity contribution >= 4 is 44.6 Å². The summed E-state index contributed by atoms with van der Waals surface area (Å²) < 4.78 is 54.3. The van der Waals surface area contributed by atoms with Crippen molar-refractivity contribution in [3.8, 4) is 22.8 Å². The number of likely N-dealkylation sites (tertiary alicyclic amines) is 2. The van der Waals surface area contributed by atoms with E-state index in [1.807, 2.05) is 55.5 Å². The van der Waals surface area contributed by atoms with Crippen molar-refractivity contribution in [3.63, 3.8) is 0 Å². The van der Waals surface area contributed by atoms with Crippen molar-refractivity contribution in [1.82, 2.24) is 24.8 Å². The number of halogens is 1. The lowest BCUT2D eigenvalue weighted by Crippen LogP contribution is -2.61. The maximum absolute atomic E-state index is 14.6. The van der Waals surface area contributed by atoms with E-state index < -0.39 is 56.9 Å². The summed E-state index contributed by atoms with van der Waals surface area (Å²) in [6.45, 7) is 6.22. The number of nitrogens with zero attached hydrogens (tertiary/aromatic N) is 3. The molecular formula is C45H60FN5O8S.